The molecule has 0 fully saturated rings. The van der Waals surface area contributed by atoms with Crippen LogP contribution in [0, 0.1) is 0 Å². The van der Waals surface area contributed by atoms with Gasteiger partial charge in [-0.3, -0.25) is 0 Å². The highest BCUT2D eigenvalue weighted by molar-refractivity contribution is 5.61. The van der Waals surface area contributed by atoms with Gasteiger partial charge in [0.1, 0.15) is 0 Å². The summed E-state index contributed by atoms with van der Waals surface area (Å²) in [5.41, 5.74) is 10.0. The number of nitrogens with zero attached hydrogens (tertiary/aromatic N) is 1. The van der Waals surface area contributed by atoms with Crippen molar-refractivity contribution in [3.05, 3.63) is 29.3 Å². The van der Waals surface area contributed by atoms with Crippen molar-refractivity contribution in [1.29, 1.82) is 0 Å². The van der Waals surface area contributed by atoms with Gasteiger partial charge in [0.25, 0.3) is 0 Å². The summed E-state index contributed by atoms with van der Waals surface area (Å²) in [4.78, 5) is 2.44. The third kappa shape index (κ3) is 1.74. The molecule has 0 spiro atoms. The number of benzene rings is 1. The average Bonchev–Trinajstić information content (AvgIpc) is 2.55. The Kier molecular flexibility index (Phi) is 2.70. The highest BCUT2D eigenvalue weighted by Gasteiger charge is 2.24. The summed E-state index contributed by atoms with van der Waals surface area (Å²) in [6.45, 7) is 8.78. The lowest BCUT2D eigenvalue weighted by atomic mass is 9.99. The summed E-state index contributed by atoms with van der Waals surface area (Å²) >= 11 is 0. The Labute approximate surface area is 92.1 Å². The van der Waals surface area contributed by atoms with Gasteiger partial charge in [0.2, 0.25) is 0 Å². The molecule has 2 rings (SSSR count). The lowest BCUT2D eigenvalue weighted by Crippen LogP contribution is -2.20. The van der Waals surface area contributed by atoms with Crippen LogP contribution in [0.5, 0.6) is 0 Å². The lowest BCUT2D eigenvalue weighted by molar-refractivity contribution is 0.759. The van der Waals surface area contributed by atoms with Crippen LogP contribution in [-0.4, -0.2) is 13.1 Å². The Hall–Kier alpha value is -1.02. The molecule has 0 amide bonds. The van der Waals surface area contributed by atoms with Gasteiger partial charge < -0.3 is 10.6 Å². The van der Waals surface area contributed by atoms with Crippen molar-refractivity contribution in [3.63, 3.8) is 0 Å². The van der Waals surface area contributed by atoms with Crippen LogP contribution in [0.15, 0.2) is 18.2 Å². The first-order valence-corrected chi connectivity index (χ1v) is 5.77. The third-order valence-electron chi connectivity index (χ3n) is 3.32. The van der Waals surface area contributed by atoms with Crippen LogP contribution in [0.4, 0.5) is 5.69 Å². The van der Waals surface area contributed by atoms with Crippen molar-refractivity contribution in [1.82, 2.24) is 0 Å². The first kappa shape index (κ1) is 10.5. The molecule has 2 atom stereocenters. The van der Waals surface area contributed by atoms with Crippen LogP contribution in [0.1, 0.15) is 43.9 Å². The molecule has 1 aromatic rings. The summed E-state index contributed by atoms with van der Waals surface area (Å²) in [6.07, 6.45) is 0. The van der Waals surface area contributed by atoms with Gasteiger partial charge in [0, 0.05) is 30.7 Å². The largest absolute Gasteiger partial charge is 0.371 e. The number of likely N-dealkylation sites (N-methyl/N-ethyl adjacent to an activating group) is 1. The second kappa shape index (κ2) is 3.86. The minimum atomic E-state index is 0.137. The molecule has 2 heteroatoms. The predicted octanol–water partition coefficient (Wildman–Crippen LogP) is 2.65. The number of rotatable bonds is 2. The van der Waals surface area contributed by atoms with Crippen molar-refractivity contribution in [3.8, 4) is 0 Å². The van der Waals surface area contributed by atoms with E-state index in [1.165, 1.54) is 16.8 Å². The Morgan fingerprint density at radius 3 is 2.87 bits per heavy atom. The molecule has 0 aromatic heterocycles. The molecule has 1 aliphatic heterocycles. The molecule has 0 bridgehead atoms. The molecular formula is C13H20N2. The first-order valence-electron chi connectivity index (χ1n) is 5.77. The maximum absolute atomic E-state index is 5.91. The fourth-order valence-electron chi connectivity index (χ4n) is 2.37. The van der Waals surface area contributed by atoms with Gasteiger partial charge in [-0.2, -0.15) is 0 Å². The van der Waals surface area contributed by atoms with E-state index in [0.29, 0.717) is 5.92 Å². The summed E-state index contributed by atoms with van der Waals surface area (Å²) in [5, 5.41) is 0. The first-order chi connectivity index (χ1) is 7.13. The maximum atomic E-state index is 5.91. The zero-order valence-electron chi connectivity index (χ0n) is 9.83. The van der Waals surface area contributed by atoms with Crippen molar-refractivity contribution in [2.75, 3.05) is 18.0 Å². The van der Waals surface area contributed by atoms with Crippen LogP contribution < -0.4 is 10.6 Å². The van der Waals surface area contributed by atoms with Gasteiger partial charge in [-0.1, -0.05) is 19.1 Å². The smallest absolute Gasteiger partial charge is 0.0402 e. The molecule has 0 saturated heterocycles. The highest BCUT2D eigenvalue weighted by atomic mass is 15.1. The zero-order valence-corrected chi connectivity index (χ0v) is 9.83. The lowest BCUT2D eigenvalue weighted by Gasteiger charge is -2.17. The Balaban J connectivity index is 2.41. The molecule has 0 aliphatic carbocycles. The van der Waals surface area contributed by atoms with Crippen LogP contribution in [0.25, 0.3) is 0 Å². The Morgan fingerprint density at radius 2 is 2.27 bits per heavy atom. The van der Waals surface area contributed by atoms with Gasteiger partial charge in [-0.05, 0) is 31.0 Å². The van der Waals surface area contributed by atoms with E-state index in [9.17, 15) is 0 Å². The van der Waals surface area contributed by atoms with E-state index in [1.54, 1.807) is 0 Å². The van der Waals surface area contributed by atoms with E-state index in [0.717, 1.165) is 13.1 Å². The summed E-state index contributed by atoms with van der Waals surface area (Å²) in [7, 11) is 0. The topological polar surface area (TPSA) is 29.3 Å². The third-order valence-corrected chi connectivity index (χ3v) is 3.32. The average molecular weight is 204 g/mol. The number of hydrogen-bond donors (Lipinski definition) is 1. The van der Waals surface area contributed by atoms with E-state index in [-0.39, 0.29) is 6.04 Å². The standard InChI is InChI=1S/C13H20N2/c1-4-15-8-9(2)12-7-11(10(3)14)5-6-13(12)15/h5-7,9-10H,4,8,14H2,1-3H3. The molecule has 15 heavy (non-hydrogen) atoms. The summed E-state index contributed by atoms with van der Waals surface area (Å²) < 4.78 is 0. The molecule has 2 N–H and O–H groups in total. The molecule has 2 nitrogen and oxygen atoms in total. The quantitative estimate of drug-likeness (QED) is 0.802. The molecule has 2 unspecified atom stereocenters. The summed E-state index contributed by atoms with van der Waals surface area (Å²) in [5.74, 6) is 0.638. The van der Waals surface area contributed by atoms with Crippen LogP contribution in [-0.2, 0) is 0 Å². The number of nitrogens with two attached hydrogens (primary N) is 1. The maximum Gasteiger partial charge on any atom is 0.0402 e. The number of hydrogen-bond acceptors (Lipinski definition) is 2. The second-order valence-corrected chi connectivity index (χ2v) is 4.55. The fourth-order valence-corrected chi connectivity index (χ4v) is 2.37. The number of fused-ring (bicyclic) bond motifs is 1. The molecule has 1 heterocycles. The van der Waals surface area contributed by atoms with Crippen LogP contribution in [0.3, 0.4) is 0 Å². The van der Waals surface area contributed by atoms with Crippen molar-refractivity contribution < 1.29 is 0 Å². The Bertz CT molecular complexity index is 358. The van der Waals surface area contributed by atoms with Gasteiger partial charge in [-0.15, -0.1) is 0 Å². The van der Waals surface area contributed by atoms with Gasteiger partial charge in [-0.25, -0.2) is 0 Å². The number of anilines is 1. The van der Waals surface area contributed by atoms with Gasteiger partial charge >= 0.3 is 0 Å². The second-order valence-electron chi connectivity index (χ2n) is 4.55. The van der Waals surface area contributed by atoms with Crippen LogP contribution >= 0.6 is 0 Å². The zero-order chi connectivity index (χ0) is 11.0. The van der Waals surface area contributed by atoms with E-state index in [4.69, 9.17) is 5.73 Å². The fraction of sp³-hybridized carbons (Fsp3) is 0.538. The highest BCUT2D eigenvalue weighted by Crippen LogP contribution is 2.36. The van der Waals surface area contributed by atoms with E-state index < -0.39 is 0 Å². The minimum absolute atomic E-state index is 0.137. The SMILES string of the molecule is CCN1CC(C)c2cc(C(C)N)ccc21. The van der Waals surface area contributed by atoms with Crippen molar-refractivity contribution in [2.24, 2.45) is 5.73 Å². The van der Waals surface area contributed by atoms with E-state index >= 15 is 0 Å². The predicted molar refractivity (Wildman–Crippen MR) is 65.3 cm³/mol. The molecular weight excluding hydrogens is 184 g/mol. The normalized spacial score (nSPS) is 21.6. The van der Waals surface area contributed by atoms with Crippen molar-refractivity contribution in [2.45, 2.75) is 32.7 Å². The van der Waals surface area contributed by atoms with Gasteiger partial charge in [0.15, 0.2) is 0 Å². The molecule has 82 valence electrons. The van der Waals surface area contributed by atoms with E-state index in [1.807, 2.05) is 6.92 Å². The summed E-state index contributed by atoms with van der Waals surface area (Å²) in [6, 6.07) is 6.80. The molecule has 1 aromatic carbocycles. The van der Waals surface area contributed by atoms with Gasteiger partial charge in [0.05, 0.1) is 0 Å². The molecule has 1 aliphatic rings. The van der Waals surface area contributed by atoms with Crippen molar-refractivity contribution >= 4 is 5.69 Å². The minimum Gasteiger partial charge on any atom is -0.371 e. The van der Waals surface area contributed by atoms with E-state index in [2.05, 4.69) is 36.9 Å². The monoisotopic (exact) mass is 204 g/mol. The molecule has 0 radical (unpaired) electrons. The van der Waals surface area contributed by atoms with Crippen LogP contribution in [0.2, 0.25) is 0 Å². The molecule has 0 saturated carbocycles. The Morgan fingerprint density at radius 1 is 1.53 bits per heavy atom.